The molecule has 2 heterocycles. The molecule has 0 saturated heterocycles. The van der Waals surface area contributed by atoms with E-state index in [4.69, 9.17) is 4.98 Å². The largest absolute Gasteiger partial charge is 0.359 e. The molecule has 4 aromatic rings. The van der Waals surface area contributed by atoms with Crippen LogP contribution in [0.4, 0.5) is 5.69 Å². The van der Waals surface area contributed by atoms with Gasteiger partial charge in [0.25, 0.3) is 5.91 Å². The number of hydrogen-bond donors (Lipinski definition) is 1. The van der Waals surface area contributed by atoms with E-state index in [1.54, 1.807) is 6.20 Å². The first-order valence-corrected chi connectivity index (χ1v) is 9.22. The molecule has 5 nitrogen and oxygen atoms in total. The summed E-state index contributed by atoms with van der Waals surface area (Å²) in [5.74, 6) is -0.0156. The maximum Gasteiger partial charge on any atom is 0.258 e. The van der Waals surface area contributed by atoms with E-state index in [0.717, 1.165) is 28.0 Å². The standard InChI is InChI=1S/C23H18N4O/c28-23-17-10-4-5-11-18(17)26-22(27(23)15-16-8-2-1-3-9-16)21-14-24-19-12-6-7-13-20(19)25-21/h1-14,22,26H,15H2. The molecule has 1 amide bonds. The number of fused-ring (bicyclic) bond motifs is 2. The van der Waals surface area contributed by atoms with Crippen molar-refractivity contribution in [2.45, 2.75) is 12.7 Å². The molecule has 1 aromatic heterocycles. The SMILES string of the molecule is O=C1c2ccccc2NC(c2cnc3ccccc3n2)N1Cc1ccccc1. The van der Waals surface area contributed by atoms with Crippen LogP contribution in [0.5, 0.6) is 0 Å². The van der Waals surface area contributed by atoms with Crippen molar-refractivity contribution in [3.8, 4) is 0 Å². The Morgan fingerprint density at radius 1 is 0.857 bits per heavy atom. The van der Waals surface area contributed by atoms with Gasteiger partial charge in [0.05, 0.1) is 22.8 Å². The molecule has 0 spiro atoms. The van der Waals surface area contributed by atoms with Crippen LogP contribution in [0.2, 0.25) is 0 Å². The minimum atomic E-state index is -0.389. The molecule has 3 aromatic carbocycles. The second kappa shape index (κ2) is 6.78. The molecule has 0 radical (unpaired) electrons. The van der Waals surface area contributed by atoms with Crippen molar-refractivity contribution in [1.82, 2.24) is 14.9 Å². The number of amides is 1. The number of benzene rings is 3. The Labute approximate surface area is 162 Å². The summed E-state index contributed by atoms with van der Waals surface area (Å²) in [6, 6.07) is 25.3. The third-order valence-corrected chi connectivity index (χ3v) is 4.97. The summed E-state index contributed by atoms with van der Waals surface area (Å²) in [6.45, 7) is 0.486. The number of carbonyl (C=O) groups is 1. The van der Waals surface area contributed by atoms with Gasteiger partial charge in [0.1, 0.15) is 11.9 Å². The molecule has 136 valence electrons. The smallest absolute Gasteiger partial charge is 0.258 e. The summed E-state index contributed by atoms with van der Waals surface area (Å²) in [4.78, 5) is 24.4. The molecule has 28 heavy (non-hydrogen) atoms. The quantitative estimate of drug-likeness (QED) is 0.584. The first-order valence-electron chi connectivity index (χ1n) is 9.22. The van der Waals surface area contributed by atoms with Crippen molar-refractivity contribution in [3.63, 3.8) is 0 Å². The Bertz CT molecular complexity index is 1160. The number of carbonyl (C=O) groups excluding carboxylic acids is 1. The summed E-state index contributed by atoms with van der Waals surface area (Å²) in [5.41, 5.74) is 4.92. The van der Waals surface area contributed by atoms with E-state index in [1.165, 1.54) is 0 Å². The molecule has 1 unspecified atom stereocenters. The van der Waals surface area contributed by atoms with E-state index in [9.17, 15) is 4.79 Å². The van der Waals surface area contributed by atoms with Gasteiger partial charge in [0.2, 0.25) is 0 Å². The van der Waals surface area contributed by atoms with Gasteiger partial charge in [-0.1, -0.05) is 54.6 Å². The predicted octanol–water partition coefficient (Wildman–Crippen LogP) is 4.40. The molecular formula is C23H18N4O. The van der Waals surface area contributed by atoms with Crippen LogP contribution in [0.15, 0.2) is 85.1 Å². The minimum Gasteiger partial charge on any atom is -0.359 e. The van der Waals surface area contributed by atoms with Crippen molar-refractivity contribution in [1.29, 1.82) is 0 Å². The Morgan fingerprint density at radius 3 is 2.43 bits per heavy atom. The molecule has 5 heteroatoms. The predicted molar refractivity (Wildman–Crippen MR) is 109 cm³/mol. The first kappa shape index (κ1) is 16.4. The lowest BCUT2D eigenvalue weighted by atomic mass is 10.0. The lowest BCUT2D eigenvalue weighted by Crippen LogP contribution is -2.42. The summed E-state index contributed by atoms with van der Waals surface area (Å²) >= 11 is 0. The normalized spacial score (nSPS) is 15.9. The van der Waals surface area contributed by atoms with Gasteiger partial charge >= 0.3 is 0 Å². The van der Waals surface area contributed by atoms with Gasteiger partial charge in [0.15, 0.2) is 0 Å². The highest BCUT2D eigenvalue weighted by Crippen LogP contribution is 2.33. The molecule has 0 aliphatic carbocycles. The van der Waals surface area contributed by atoms with E-state index in [2.05, 4.69) is 10.3 Å². The average molecular weight is 366 g/mol. The summed E-state index contributed by atoms with van der Waals surface area (Å²) in [6.07, 6.45) is 1.36. The fourth-order valence-corrected chi connectivity index (χ4v) is 3.57. The third kappa shape index (κ3) is 2.87. The van der Waals surface area contributed by atoms with E-state index in [0.29, 0.717) is 12.1 Å². The maximum atomic E-state index is 13.3. The molecular weight excluding hydrogens is 348 g/mol. The number of rotatable bonds is 3. The van der Waals surface area contributed by atoms with Crippen molar-refractivity contribution in [2.75, 3.05) is 5.32 Å². The van der Waals surface area contributed by atoms with Crippen LogP contribution in [-0.2, 0) is 6.54 Å². The molecule has 1 N–H and O–H groups in total. The fraction of sp³-hybridized carbons (Fsp3) is 0.0870. The lowest BCUT2D eigenvalue weighted by Gasteiger charge is -2.37. The van der Waals surface area contributed by atoms with Gasteiger partial charge in [-0.05, 0) is 29.8 Å². The number of anilines is 1. The summed E-state index contributed by atoms with van der Waals surface area (Å²) in [7, 11) is 0. The van der Waals surface area contributed by atoms with Crippen molar-refractivity contribution in [3.05, 3.63) is 102 Å². The molecule has 0 bridgehead atoms. The number of nitrogens with one attached hydrogen (secondary N) is 1. The maximum absolute atomic E-state index is 13.3. The molecule has 0 saturated carbocycles. The monoisotopic (exact) mass is 366 g/mol. The number of aromatic nitrogens is 2. The Balaban J connectivity index is 1.60. The van der Waals surface area contributed by atoms with E-state index < -0.39 is 0 Å². The second-order valence-electron chi connectivity index (χ2n) is 6.79. The topological polar surface area (TPSA) is 58.1 Å². The molecule has 1 aliphatic heterocycles. The van der Waals surface area contributed by atoms with Crippen molar-refractivity contribution >= 4 is 22.6 Å². The highest BCUT2D eigenvalue weighted by Gasteiger charge is 2.33. The highest BCUT2D eigenvalue weighted by molar-refractivity contribution is 6.01. The average Bonchev–Trinajstić information content (AvgIpc) is 2.76. The molecule has 1 atom stereocenters. The molecule has 1 aliphatic rings. The third-order valence-electron chi connectivity index (χ3n) is 4.97. The minimum absolute atomic E-state index is 0.0156. The van der Waals surface area contributed by atoms with Crippen molar-refractivity contribution in [2.24, 2.45) is 0 Å². The number of nitrogens with zero attached hydrogens (tertiary/aromatic N) is 3. The van der Waals surface area contributed by atoms with Crippen LogP contribution >= 0.6 is 0 Å². The zero-order chi connectivity index (χ0) is 18.9. The van der Waals surface area contributed by atoms with Crippen LogP contribution in [-0.4, -0.2) is 20.8 Å². The number of hydrogen-bond acceptors (Lipinski definition) is 4. The second-order valence-corrected chi connectivity index (χ2v) is 6.79. The van der Waals surface area contributed by atoms with E-state index in [1.807, 2.05) is 83.8 Å². The fourth-order valence-electron chi connectivity index (χ4n) is 3.57. The van der Waals surface area contributed by atoms with Gasteiger partial charge in [-0.15, -0.1) is 0 Å². The van der Waals surface area contributed by atoms with E-state index in [-0.39, 0.29) is 12.1 Å². The van der Waals surface area contributed by atoms with Crippen molar-refractivity contribution < 1.29 is 4.79 Å². The van der Waals surface area contributed by atoms with Crippen LogP contribution in [0.1, 0.15) is 27.8 Å². The number of para-hydroxylation sites is 3. The molecule has 5 rings (SSSR count). The Kier molecular flexibility index (Phi) is 3.98. The first-order chi connectivity index (χ1) is 13.8. The van der Waals surface area contributed by atoms with Crippen LogP contribution in [0.25, 0.3) is 11.0 Å². The summed E-state index contributed by atoms with van der Waals surface area (Å²) in [5, 5.41) is 3.48. The lowest BCUT2D eigenvalue weighted by molar-refractivity contribution is 0.0663. The summed E-state index contributed by atoms with van der Waals surface area (Å²) < 4.78 is 0. The van der Waals surface area contributed by atoms with Gasteiger partial charge in [-0.2, -0.15) is 0 Å². The van der Waals surface area contributed by atoms with Gasteiger partial charge in [-0.3, -0.25) is 9.78 Å². The highest BCUT2D eigenvalue weighted by atomic mass is 16.2. The van der Waals surface area contributed by atoms with Gasteiger partial charge in [-0.25, -0.2) is 4.98 Å². The zero-order valence-corrected chi connectivity index (χ0v) is 15.1. The van der Waals surface area contributed by atoms with E-state index >= 15 is 0 Å². The zero-order valence-electron chi connectivity index (χ0n) is 15.1. The van der Waals surface area contributed by atoms with Gasteiger partial charge in [0, 0.05) is 12.2 Å². The van der Waals surface area contributed by atoms with Crippen LogP contribution in [0.3, 0.4) is 0 Å². The Hall–Kier alpha value is -3.73. The van der Waals surface area contributed by atoms with Crippen LogP contribution < -0.4 is 5.32 Å². The van der Waals surface area contributed by atoms with Crippen LogP contribution in [0, 0.1) is 0 Å². The van der Waals surface area contributed by atoms with Gasteiger partial charge < -0.3 is 10.2 Å². The molecule has 0 fully saturated rings. The Morgan fingerprint density at radius 2 is 1.57 bits per heavy atom.